The molecule has 1 fully saturated rings. The van der Waals surface area contributed by atoms with E-state index >= 15 is 0 Å². The van der Waals surface area contributed by atoms with E-state index in [2.05, 4.69) is 5.32 Å². The summed E-state index contributed by atoms with van der Waals surface area (Å²) < 4.78 is 5.22. The summed E-state index contributed by atoms with van der Waals surface area (Å²) in [6, 6.07) is 9.57. The second kappa shape index (κ2) is 4.94. The maximum absolute atomic E-state index is 11.8. The summed E-state index contributed by atoms with van der Waals surface area (Å²) in [5, 5.41) is 2.92. The molecule has 1 saturated heterocycles. The molecule has 0 saturated carbocycles. The van der Waals surface area contributed by atoms with Crippen LogP contribution in [0.2, 0.25) is 0 Å². The molecular weight excluding hydrogens is 190 g/mol. The van der Waals surface area contributed by atoms with Gasteiger partial charge in [-0.15, -0.1) is 0 Å². The fourth-order valence-corrected chi connectivity index (χ4v) is 1.73. The van der Waals surface area contributed by atoms with Crippen LogP contribution in [0.15, 0.2) is 30.3 Å². The molecule has 0 spiro atoms. The van der Waals surface area contributed by atoms with Crippen molar-refractivity contribution in [1.82, 2.24) is 0 Å². The molecule has 0 atom stereocenters. The number of amides is 1. The SMILES string of the molecule is O=C(Nc1ccccc1)C1CCOCC1. The molecule has 1 aromatic carbocycles. The molecule has 0 aromatic heterocycles. The number of hydrogen-bond acceptors (Lipinski definition) is 2. The van der Waals surface area contributed by atoms with Gasteiger partial charge in [-0.2, -0.15) is 0 Å². The first-order chi connectivity index (χ1) is 7.36. The van der Waals surface area contributed by atoms with Gasteiger partial charge in [0, 0.05) is 24.8 Å². The zero-order valence-corrected chi connectivity index (χ0v) is 8.61. The van der Waals surface area contributed by atoms with Crippen molar-refractivity contribution in [2.75, 3.05) is 18.5 Å². The summed E-state index contributed by atoms with van der Waals surface area (Å²) in [4.78, 5) is 11.8. The molecule has 0 bridgehead atoms. The van der Waals surface area contributed by atoms with Gasteiger partial charge in [-0.1, -0.05) is 18.2 Å². The minimum atomic E-state index is 0.110. The number of rotatable bonds is 2. The monoisotopic (exact) mass is 205 g/mol. The number of ether oxygens (including phenoxy) is 1. The van der Waals surface area contributed by atoms with Gasteiger partial charge in [-0.25, -0.2) is 0 Å². The Morgan fingerprint density at radius 3 is 2.53 bits per heavy atom. The van der Waals surface area contributed by atoms with E-state index in [-0.39, 0.29) is 11.8 Å². The molecule has 3 heteroatoms. The van der Waals surface area contributed by atoms with Gasteiger partial charge in [-0.05, 0) is 25.0 Å². The van der Waals surface area contributed by atoms with Crippen molar-refractivity contribution in [3.05, 3.63) is 30.3 Å². The number of nitrogens with one attached hydrogen (secondary N) is 1. The number of benzene rings is 1. The average molecular weight is 205 g/mol. The van der Waals surface area contributed by atoms with E-state index in [4.69, 9.17) is 4.74 Å². The Bertz CT molecular complexity index is 318. The van der Waals surface area contributed by atoms with Crippen molar-refractivity contribution in [2.24, 2.45) is 5.92 Å². The molecule has 15 heavy (non-hydrogen) atoms. The molecule has 0 aliphatic carbocycles. The van der Waals surface area contributed by atoms with E-state index in [0.29, 0.717) is 13.2 Å². The number of hydrogen-bond donors (Lipinski definition) is 1. The maximum Gasteiger partial charge on any atom is 0.227 e. The first-order valence-corrected chi connectivity index (χ1v) is 5.30. The second-order valence-corrected chi connectivity index (χ2v) is 3.74. The highest BCUT2D eigenvalue weighted by molar-refractivity contribution is 5.92. The summed E-state index contributed by atoms with van der Waals surface area (Å²) in [6.45, 7) is 1.40. The van der Waals surface area contributed by atoms with Crippen LogP contribution >= 0.6 is 0 Å². The number of anilines is 1. The van der Waals surface area contributed by atoms with E-state index in [9.17, 15) is 4.79 Å². The first-order valence-electron chi connectivity index (χ1n) is 5.30. The Hall–Kier alpha value is -1.35. The Morgan fingerprint density at radius 1 is 1.20 bits per heavy atom. The van der Waals surface area contributed by atoms with Gasteiger partial charge in [0.2, 0.25) is 5.91 Å². The van der Waals surface area contributed by atoms with Gasteiger partial charge in [0.15, 0.2) is 0 Å². The van der Waals surface area contributed by atoms with Crippen LogP contribution in [0, 0.1) is 5.92 Å². The highest BCUT2D eigenvalue weighted by Crippen LogP contribution is 2.17. The Morgan fingerprint density at radius 2 is 1.87 bits per heavy atom. The van der Waals surface area contributed by atoms with E-state index in [0.717, 1.165) is 18.5 Å². The van der Waals surface area contributed by atoms with Gasteiger partial charge in [0.05, 0.1) is 0 Å². The smallest absolute Gasteiger partial charge is 0.227 e. The second-order valence-electron chi connectivity index (χ2n) is 3.74. The van der Waals surface area contributed by atoms with Crippen LogP contribution in [-0.2, 0) is 9.53 Å². The molecule has 0 unspecified atom stereocenters. The minimum absolute atomic E-state index is 0.110. The predicted octanol–water partition coefficient (Wildman–Crippen LogP) is 2.05. The lowest BCUT2D eigenvalue weighted by Gasteiger charge is -2.21. The quantitative estimate of drug-likeness (QED) is 0.802. The number of carbonyl (C=O) groups is 1. The molecule has 1 aliphatic heterocycles. The summed E-state index contributed by atoms with van der Waals surface area (Å²) in [6.07, 6.45) is 1.66. The Labute approximate surface area is 89.4 Å². The van der Waals surface area contributed by atoms with E-state index in [1.165, 1.54) is 0 Å². The first kappa shape index (κ1) is 10.2. The van der Waals surface area contributed by atoms with Crippen molar-refractivity contribution in [2.45, 2.75) is 12.8 Å². The van der Waals surface area contributed by atoms with Crippen molar-refractivity contribution >= 4 is 11.6 Å². The molecule has 3 nitrogen and oxygen atoms in total. The summed E-state index contributed by atoms with van der Waals surface area (Å²) >= 11 is 0. The lowest BCUT2D eigenvalue weighted by molar-refractivity contribution is -0.122. The van der Waals surface area contributed by atoms with Crippen LogP contribution < -0.4 is 5.32 Å². The van der Waals surface area contributed by atoms with Gasteiger partial charge >= 0.3 is 0 Å². The lowest BCUT2D eigenvalue weighted by Crippen LogP contribution is -2.28. The third kappa shape index (κ3) is 2.80. The van der Waals surface area contributed by atoms with Crippen LogP contribution in [0.4, 0.5) is 5.69 Å². The molecule has 1 aromatic rings. The number of carbonyl (C=O) groups excluding carboxylic acids is 1. The summed E-state index contributed by atoms with van der Waals surface area (Å²) in [5.41, 5.74) is 0.869. The lowest BCUT2D eigenvalue weighted by atomic mass is 9.99. The topological polar surface area (TPSA) is 38.3 Å². The van der Waals surface area contributed by atoms with Crippen molar-refractivity contribution < 1.29 is 9.53 Å². The summed E-state index contributed by atoms with van der Waals surface area (Å²) in [5.74, 6) is 0.225. The zero-order valence-electron chi connectivity index (χ0n) is 8.61. The van der Waals surface area contributed by atoms with E-state index in [1.54, 1.807) is 0 Å². The van der Waals surface area contributed by atoms with E-state index < -0.39 is 0 Å². The molecule has 2 rings (SSSR count). The third-order valence-electron chi connectivity index (χ3n) is 2.63. The molecule has 1 N–H and O–H groups in total. The van der Waals surface area contributed by atoms with Crippen molar-refractivity contribution in [3.8, 4) is 0 Å². The van der Waals surface area contributed by atoms with Crippen molar-refractivity contribution in [1.29, 1.82) is 0 Å². The molecule has 1 amide bonds. The van der Waals surface area contributed by atoms with Crippen LogP contribution in [0.25, 0.3) is 0 Å². The van der Waals surface area contributed by atoms with Crippen LogP contribution in [-0.4, -0.2) is 19.1 Å². The molecule has 80 valence electrons. The highest BCUT2D eigenvalue weighted by Gasteiger charge is 2.21. The predicted molar refractivity (Wildman–Crippen MR) is 58.6 cm³/mol. The van der Waals surface area contributed by atoms with Crippen molar-refractivity contribution in [3.63, 3.8) is 0 Å². The Kier molecular flexibility index (Phi) is 3.35. The standard InChI is InChI=1S/C12H15NO2/c14-12(10-6-8-15-9-7-10)13-11-4-2-1-3-5-11/h1-5,10H,6-9H2,(H,13,14). The normalized spacial score (nSPS) is 17.3. The summed E-state index contributed by atoms with van der Waals surface area (Å²) in [7, 11) is 0. The van der Waals surface area contributed by atoms with Gasteiger partial charge in [0.1, 0.15) is 0 Å². The maximum atomic E-state index is 11.8. The molecule has 1 aliphatic rings. The van der Waals surface area contributed by atoms with Gasteiger partial charge < -0.3 is 10.1 Å². The molecule has 1 heterocycles. The fraction of sp³-hybridized carbons (Fsp3) is 0.417. The highest BCUT2D eigenvalue weighted by atomic mass is 16.5. The largest absolute Gasteiger partial charge is 0.381 e. The van der Waals surface area contributed by atoms with Crippen LogP contribution in [0.5, 0.6) is 0 Å². The van der Waals surface area contributed by atoms with Crippen LogP contribution in [0.1, 0.15) is 12.8 Å². The Balaban J connectivity index is 1.91. The number of para-hydroxylation sites is 1. The average Bonchev–Trinajstić information content (AvgIpc) is 2.31. The fourth-order valence-electron chi connectivity index (χ4n) is 1.73. The zero-order chi connectivity index (χ0) is 10.5. The van der Waals surface area contributed by atoms with Gasteiger partial charge in [-0.3, -0.25) is 4.79 Å². The molecule has 0 radical (unpaired) electrons. The van der Waals surface area contributed by atoms with Crippen LogP contribution in [0.3, 0.4) is 0 Å². The minimum Gasteiger partial charge on any atom is -0.381 e. The van der Waals surface area contributed by atoms with Gasteiger partial charge in [0.25, 0.3) is 0 Å². The third-order valence-corrected chi connectivity index (χ3v) is 2.63. The van der Waals surface area contributed by atoms with E-state index in [1.807, 2.05) is 30.3 Å². The molecular formula is C12H15NO2.